The van der Waals surface area contributed by atoms with Crippen LogP contribution in [-0.2, 0) is 11.2 Å². The number of carboxylic acids is 1. The fraction of sp³-hybridized carbons (Fsp3) is 0.222. The number of benzene rings is 1. The Labute approximate surface area is 132 Å². The molecule has 70 valence electrons. The van der Waals surface area contributed by atoms with Gasteiger partial charge in [-0.1, -0.05) is 24.3 Å². The van der Waals surface area contributed by atoms with Crippen molar-refractivity contribution >= 4 is 5.97 Å². The van der Waals surface area contributed by atoms with Gasteiger partial charge in [-0.2, -0.15) is 0 Å². The number of carbonyl (C=O) groups excluding carboxylic acids is 1. The van der Waals surface area contributed by atoms with Crippen molar-refractivity contribution < 1.29 is 74.1 Å². The first-order chi connectivity index (χ1) is 6.09. The maximum absolute atomic E-state index is 10.7. The average Bonchev–Trinajstić information content (AvgIpc) is 2.08. The molecule has 0 amide bonds. The predicted molar refractivity (Wildman–Crippen MR) is 42.6 cm³/mol. The standard InChI is InChI=1S/C9H11NO3.2Na/c10-8(9(12)13)5-6-1-3-7(11)4-2-6;;/h1-4,8,11H,5,10H2,(H,12,13);;/q;2*+1/p-2/t8-;;/m0../s1. The largest absolute Gasteiger partial charge is 1.00 e. The third-order valence-corrected chi connectivity index (χ3v) is 1.68. The van der Waals surface area contributed by atoms with Gasteiger partial charge in [0.1, 0.15) is 0 Å². The van der Waals surface area contributed by atoms with Gasteiger partial charge in [-0.15, -0.1) is 5.75 Å². The van der Waals surface area contributed by atoms with E-state index >= 15 is 0 Å². The van der Waals surface area contributed by atoms with E-state index in [2.05, 4.69) is 0 Å². The summed E-state index contributed by atoms with van der Waals surface area (Å²) >= 11 is 0. The molecule has 0 aliphatic heterocycles. The van der Waals surface area contributed by atoms with E-state index in [4.69, 9.17) is 5.73 Å². The van der Waals surface area contributed by atoms with Gasteiger partial charge in [-0.05, 0) is 12.0 Å². The fourth-order valence-electron chi connectivity index (χ4n) is 0.963. The smallest absolute Gasteiger partial charge is 0.872 e. The van der Waals surface area contributed by atoms with Crippen LogP contribution in [0.3, 0.4) is 0 Å². The number of hydrogen-bond acceptors (Lipinski definition) is 4. The molecule has 0 heterocycles. The zero-order chi connectivity index (χ0) is 9.84. The molecule has 0 bridgehead atoms. The van der Waals surface area contributed by atoms with E-state index < -0.39 is 12.0 Å². The molecule has 15 heavy (non-hydrogen) atoms. The van der Waals surface area contributed by atoms with Crippen molar-refractivity contribution in [1.29, 1.82) is 0 Å². The first kappa shape index (κ1) is 17.8. The first-order valence-electron chi connectivity index (χ1n) is 3.82. The van der Waals surface area contributed by atoms with Gasteiger partial charge in [-0.25, -0.2) is 0 Å². The zero-order valence-electron chi connectivity index (χ0n) is 8.90. The molecule has 1 aromatic carbocycles. The quantitative estimate of drug-likeness (QED) is 0.517. The van der Waals surface area contributed by atoms with E-state index in [9.17, 15) is 15.0 Å². The molecule has 4 nitrogen and oxygen atoms in total. The maximum Gasteiger partial charge on any atom is 1.00 e. The zero-order valence-corrected chi connectivity index (χ0v) is 12.9. The second-order valence-corrected chi connectivity index (χ2v) is 2.77. The monoisotopic (exact) mass is 225 g/mol. The van der Waals surface area contributed by atoms with Crippen LogP contribution in [-0.4, -0.2) is 12.0 Å². The molecule has 6 heteroatoms. The molecular formula is C9H9NNa2O3. The van der Waals surface area contributed by atoms with E-state index in [1.165, 1.54) is 12.1 Å². The Morgan fingerprint density at radius 3 is 2.13 bits per heavy atom. The minimum Gasteiger partial charge on any atom is -0.872 e. The third-order valence-electron chi connectivity index (χ3n) is 1.68. The van der Waals surface area contributed by atoms with Crippen LogP contribution in [0.15, 0.2) is 24.3 Å². The molecule has 0 aliphatic carbocycles. The number of hydrogen-bond donors (Lipinski definition) is 1. The van der Waals surface area contributed by atoms with Crippen LogP contribution >= 0.6 is 0 Å². The van der Waals surface area contributed by atoms with E-state index in [0.717, 1.165) is 5.56 Å². The summed E-state index contributed by atoms with van der Waals surface area (Å²) in [5.74, 6) is -1.39. The molecule has 1 atom stereocenters. The number of carboxylic acid groups (broad SMARTS) is 1. The van der Waals surface area contributed by atoms with Crippen LogP contribution in [0.5, 0.6) is 5.75 Å². The van der Waals surface area contributed by atoms with Crippen LogP contribution in [0.1, 0.15) is 5.56 Å². The number of nitrogens with two attached hydrogens (primary N) is 1. The van der Waals surface area contributed by atoms with Crippen LogP contribution in [0.4, 0.5) is 0 Å². The molecule has 0 aromatic heterocycles. The van der Waals surface area contributed by atoms with Crippen LogP contribution in [0.25, 0.3) is 0 Å². The van der Waals surface area contributed by atoms with Gasteiger partial charge in [-0.3, -0.25) is 0 Å². The van der Waals surface area contributed by atoms with Crippen LogP contribution < -0.4 is 75.1 Å². The Morgan fingerprint density at radius 1 is 1.27 bits per heavy atom. The Morgan fingerprint density at radius 2 is 1.73 bits per heavy atom. The second kappa shape index (κ2) is 8.58. The predicted octanol–water partition coefficient (Wildman–Crippen LogP) is -7.61. The minimum atomic E-state index is -1.29. The SMILES string of the molecule is N[C@@H](Cc1ccc([O-])cc1)C(=O)[O-].[Na+].[Na+]. The topological polar surface area (TPSA) is 89.2 Å². The molecule has 0 unspecified atom stereocenters. The molecule has 0 aliphatic rings. The van der Waals surface area contributed by atoms with Crippen molar-refractivity contribution in [3.05, 3.63) is 29.8 Å². The normalized spacial score (nSPS) is 10.7. The molecule has 0 saturated heterocycles. The minimum absolute atomic E-state index is 0. The summed E-state index contributed by atoms with van der Waals surface area (Å²) in [6, 6.07) is 4.85. The molecule has 1 aromatic rings. The van der Waals surface area contributed by atoms with Gasteiger partial charge in [0.05, 0.1) is 5.97 Å². The summed E-state index contributed by atoms with van der Waals surface area (Å²) in [6.45, 7) is 0. The van der Waals surface area contributed by atoms with Crippen molar-refractivity contribution in [3.63, 3.8) is 0 Å². The average molecular weight is 225 g/mol. The second-order valence-electron chi connectivity index (χ2n) is 2.77. The van der Waals surface area contributed by atoms with Crippen molar-refractivity contribution in [2.45, 2.75) is 12.5 Å². The van der Waals surface area contributed by atoms with Gasteiger partial charge >= 0.3 is 59.1 Å². The van der Waals surface area contributed by atoms with Crippen molar-refractivity contribution in [2.24, 2.45) is 5.73 Å². The number of aliphatic carboxylic acids is 1. The molecule has 0 radical (unpaired) electrons. The van der Waals surface area contributed by atoms with Crippen molar-refractivity contribution in [3.8, 4) is 5.75 Å². The molecule has 0 fully saturated rings. The number of rotatable bonds is 3. The van der Waals surface area contributed by atoms with Gasteiger partial charge in [0.2, 0.25) is 0 Å². The fourth-order valence-corrected chi connectivity index (χ4v) is 0.963. The molecule has 0 spiro atoms. The Bertz CT molecular complexity index is 303. The van der Waals surface area contributed by atoms with E-state index in [0.29, 0.717) is 0 Å². The number of carbonyl (C=O) groups is 1. The van der Waals surface area contributed by atoms with E-state index in [1.807, 2.05) is 0 Å². The molecular weight excluding hydrogens is 216 g/mol. The van der Waals surface area contributed by atoms with Gasteiger partial charge < -0.3 is 20.7 Å². The Kier molecular flexibility index (Phi) is 10.2. The van der Waals surface area contributed by atoms with Gasteiger partial charge in [0.25, 0.3) is 0 Å². The summed E-state index contributed by atoms with van der Waals surface area (Å²) in [6.07, 6.45) is 0.183. The molecule has 1 rings (SSSR count). The molecule has 2 N–H and O–H groups in total. The molecule has 0 saturated carbocycles. The summed E-state index contributed by atoms with van der Waals surface area (Å²) in [5, 5.41) is 21.0. The van der Waals surface area contributed by atoms with Crippen molar-refractivity contribution in [2.75, 3.05) is 0 Å². The Hall–Kier alpha value is 0.450. The van der Waals surface area contributed by atoms with E-state index in [-0.39, 0.29) is 71.3 Å². The summed E-state index contributed by atoms with van der Waals surface area (Å²) < 4.78 is 0. The van der Waals surface area contributed by atoms with E-state index in [1.54, 1.807) is 12.1 Å². The van der Waals surface area contributed by atoms with Gasteiger partial charge in [0, 0.05) is 6.04 Å². The summed E-state index contributed by atoms with van der Waals surface area (Å²) in [7, 11) is 0. The van der Waals surface area contributed by atoms with Crippen LogP contribution in [0.2, 0.25) is 0 Å². The summed E-state index contributed by atoms with van der Waals surface area (Å²) in [4.78, 5) is 10.3. The first-order valence-corrected chi connectivity index (χ1v) is 3.82. The van der Waals surface area contributed by atoms with Crippen LogP contribution in [0, 0.1) is 0 Å². The van der Waals surface area contributed by atoms with Gasteiger partial charge in [0.15, 0.2) is 0 Å². The summed E-state index contributed by atoms with van der Waals surface area (Å²) in [5.41, 5.74) is 5.97. The Balaban J connectivity index is 0. The maximum atomic E-state index is 10.7. The van der Waals surface area contributed by atoms with Crippen molar-refractivity contribution in [1.82, 2.24) is 0 Å². The third kappa shape index (κ3) is 6.58.